The number of carbonyl (C=O) groups excluding carboxylic acids is 3. The Labute approximate surface area is 158 Å². The number of hydrogen-bond acceptors (Lipinski definition) is 7. The lowest BCUT2D eigenvalue weighted by molar-refractivity contribution is -0.127. The molecule has 9 heteroatoms. The highest BCUT2D eigenvalue weighted by atomic mass is 16.6. The second-order valence-corrected chi connectivity index (χ2v) is 5.22. The van der Waals surface area contributed by atoms with E-state index in [1.165, 1.54) is 26.1 Å². The first-order valence-electron chi connectivity index (χ1n) is 8.67. The van der Waals surface area contributed by atoms with Gasteiger partial charge in [0.2, 0.25) is 5.75 Å². The molecule has 1 aromatic rings. The van der Waals surface area contributed by atoms with Gasteiger partial charge in [-0.15, -0.1) is 0 Å². The number of ether oxygens (including phenoxy) is 4. The van der Waals surface area contributed by atoms with Crippen LogP contribution in [0.5, 0.6) is 17.2 Å². The van der Waals surface area contributed by atoms with Crippen molar-refractivity contribution in [2.75, 3.05) is 26.9 Å². The van der Waals surface area contributed by atoms with Crippen LogP contribution < -0.4 is 24.8 Å². The van der Waals surface area contributed by atoms with Crippen molar-refractivity contribution in [3.63, 3.8) is 0 Å². The van der Waals surface area contributed by atoms with Crippen LogP contribution in [0.2, 0.25) is 0 Å². The van der Waals surface area contributed by atoms with Crippen LogP contribution in [0.4, 0.5) is 4.79 Å². The minimum Gasteiger partial charge on any atom is -0.490 e. The van der Waals surface area contributed by atoms with E-state index in [9.17, 15) is 14.4 Å². The van der Waals surface area contributed by atoms with E-state index in [1.807, 2.05) is 12.2 Å². The molecule has 0 aliphatic heterocycles. The van der Waals surface area contributed by atoms with E-state index >= 15 is 0 Å². The van der Waals surface area contributed by atoms with Crippen molar-refractivity contribution in [1.82, 2.24) is 10.6 Å². The van der Waals surface area contributed by atoms with Gasteiger partial charge in [-0.3, -0.25) is 10.1 Å². The van der Waals surface area contributed by atoms with Gasteiger partial charge in [-0.2, -0.15) is 0 Å². The highest BCUT2D eigenvalue weighted by Crippen LogP contribution is 2.39. The zero-order valence-electron chi connectivity index (χ0n) is 16.2. The zero-order valence-corrected chi connectivity index (χ0v) is 16.2. The largest absolute Gasteiger partial charge is 0.490 e. The van der Waals surface area contributed by atoms with Gasteiger partial charge in [-0.1, -0.05) is 0 Å². The molecule has 0 fully saturated rings. The van der Waals surface area contributed by atoms with Crippen molar-refractivity contribution in [3.05, 3.63) is 17.7 Å². The molecule has 0 bridgehead atoms. The van der Waals surface area contributed by atoms with E-state index in [1.54, 1.807) is 13.8 Å². The van der Waals surface area contributed by atoms with E-state index in [2.05, 4.69) is 5.32 Å². The Hall–Kier alpha value is -2.97. The van der Waals surface area contributed by atoms with Crippen LogP contribution in [0.25, 0.3) is 0 Å². The van der Waals surface area contributed by atoms with Crippen molar-refractivity contribution in [3.8, 4) is 17.2 Å². The summed E-state index contributed by atoms with van der Waals surface area (Å²) < 4.78 is 21.8. The van der Waals surface area contributed by atoms with Crippen molar-refractivity contribution < 1.29 is 33.3 Å². The molecule has 1 rings (SSSR count). The molecule has 1 aromatic carbocycles. The molecule has 150 valence electrons. The lowest BCUT2D eigenvalue weighted by Gasteiger charge is -2.18. The standard InChI is InChI=1S/C18H26N2O7/c1-6-24-13-9-12(10-14(25-7-2)15(13)26-8-3)17(22)27-11(4)16(21)20-18(23)19-5/h9-11H,6-8H2,1-5H3,(H2,19,20,21,23)/t11-/m1/s1. The van der Waals surface area contributed by atoms with Crippen LogP contribution in [0.15, 0.2) is 12.1 Å². The Morgan fingerprint density at radius 2 is 1.48 bits per heavy atom. The van der Waals surface area contributed by atoms with Crippen LogP contribution in [0.3, 0.4) is 0 Å². The molecule has 3 amide bonds. The van der Waals surface area contributed by atoms with Crippen molar-refractivity contribution in [2.24, 2.45) is 0 Å². The van der Waals surface area contributed by atoms with Gasteiger partial charge in [-0.25, -0.2) is 9.59 Å². The first-order chi connectivity index (χ1) is 12.9. The smallest absolute Gasteiger partial charge is 0.339 e. The minimum absolute atomic E-state index is 0.130. The summed E-state index contributed by atoms with van der Waals surface area (Å²) in [6.07, 6.45) is -1.17. The third-order valence-electron chi connectivity index (χ3n) is 3.26. The fourth-order valence-corrected chi connectivity index (χ4v) is 2.06. The average molecular weight is 382 g/mol. The summed E-state index contributed by atoms with van der Waals surface area (Å²) in [6, 6.07) is 2.23. The molecule has 0 aliphatic carbocycles. The fourth-order valence-electron chi connectivity index (χ4n) is 2.06. The van der Waals surface area contributed by atoms with E-state index in [0.29, 0.717) is 37.1 Å². The maximum Gasteiger partial charge on any atom is 0.339 e. The quantitative estimate of drug-likeness (QED) is 0.627. The third-order valence-corrected chi connectivity index (χ3v) is 3.26. The van der Waals surface area contributed by atoms with Crippen LogP contribution in [0.1, 0.15) is 38.1 Å². The molecule has 2 N–H and O–H groups in total. The number of hydrogen-bond donors (Lipinski definition) is 2. The van der Waals surface area contributed by atoms with Crippen molar-refractivity contribution >= 4 is 17.9 Å². The maximum absolute atomic E-state index is 12.4. The predicted molar refractivity (Wildman–Crippen MR) is 97.4 cm³/mol. The van der Waals surface area contributed by atoms with Crippen LogP contribution in [-0.4, -0.2) is 50.9 Å². The summed E-state index contributed by atoms with van der Waals surface area (Å²) in [6.45, 7) is 7.88. The number of amides is 3. The average Bonchev–Trinajstić information content (AvgIpc) is 2.64. The topological polar surface area (TPSA) is 112 Å². The number of nitrogens with one attached hydrogen (secondary N) is 2. The Bertz CT molecular complexity index is 649. The molecule has 1 atom stereocenters. The Kier molecular flexibility index (Phi) is 8.91. The number of esters is 1. The lowest BCUT2D eigenvalue weighted by Crippen LogP contribution is -2.43. The van der Waals surface area contributed by atoms with E-state index in [4.69, 9.17) is 18.9 Å². The summed E-state index contributed by atoms with van der Waals surface area (Å²) >= 11 is 0. The molecule has 27 heavy (non-hydrogen) atoms. The zero-order chi connectivity index (χ0) is 20.4. The van der Waals surface area contributed by atoms with Gasteiger partial charge in [0.25, 0.3) is 5.91 Å². The van der Waals surface area contributed by atoms with E-state index in [-0.39, 0.29) is 5.56 Å². The highest BCUT2D eigenvalue weighted by Gasteiger charge is 2.23. The molecular formula is C18H26N2O7. The molecule has 0 saturated carbocycles. The molecule has 0 saturated heterocycles. The molecule has 0 aromatic heterocycles. The summed E-state index contributed by atoms with van der Waals surface area (Å²) in [4.78, 5) is 35.5. The summed E-state index contributed by atoms with van der Waals surface area (Å²) in [5.41, 5.74) is 0.130. The Morgan fingerprint density at radius 1 is 0.963 bits per heavy atom. The molecule has 0 spiro atoms. The SMILES string of the molecule is CCOc1cc(C(=O)O[C@H](C)C(=O)NC(=O)NC)cc(OCC)c1OCC. The Morgan fingerprint density at radius 3 is 1.93 bits per heavy atom. The number of urea groups is 1. The predicted octanol–water partition coefficient (Wildman–Crippen LogP) is 1.88. The highest BCUT2D eigenvalue weighted by molar-refractivity contribution is 5.98. The summed E-state index contributed by atoms with van der Waals surface area (Å²) in [5.74, 6) is -0.453. The van der Waals surface area contributed by atoms with E-state index in [0.717, 1.165) is 0 Å². The van der Waals surface area contributed by atoms with Gasteiger partial charge >= 0.3 is 12.0 Å². The minimum atomic E-state index is -1.17. The molecule has 0 heterocycles. The Balaban J connectivity index is 3.07. The van der Waals surface area contributed by atoms with E-state index < -0.39 is 24.0 Å². The summed E-state index contributed by atoms with van der Waals surface area (Å²) in [5, 5.41) is 4.28. The van der Waals surface area contributed by atoms with Gasteiger partial charge in [0, 0.05) is 7.05 Å². The molecule has 0 radical (unpaired) electrons. The van der Waals surface area contributed by atoms with Crippen molar-refractivity contribution in [1.29, 1.82) is 0 Å². The monoisotopic (exact) mass is 382 g/mol. The van der Waals surface area contributed by atoms with Gasteiger partial charge < -0.3 is 24.3 Å². The van der Waals surface area contributed by atoms with Crippen LogP contribution in [-0.2, 0) is 9.53 Å². The molecule has 0 aliphatic rings. The van der Waals surface area contributed by atoms with Gasteiger partial charge in [0.05, 0.1) is 25.4 Å². The summed E-state index contributed by atoms with van der Waals surface area (Å²) in [7, 11) is 1.36. The van der Waals surface area contributed by atoms with Gasteiger partial charge in [-0.05, 0) is 39.8 Å². The number of benzene rings is 1. The molecular weight excluding hydrogens is 356 g/mol. The first kappa shape index (κ1) is 22.1. The lowest BCUT2D eigenvalue weighted by atomic mass is 10.1. The first-order valence-corrected chi connectivity index (χ1v) is 8.67. The number of rotatable bonds is 9. The third kappa shape index (κ3) is 6.36. The van der Waals surface area contributed by atoms with Gasteiger partial charge in [0.15, 0.2) is 17.6 Å². The van der Waals surface area contributed by atoms with Crippen LogP contribution >= 0.6 is 0 Å². The van der Waals surface area contributed by atoms with Crippen molar-refractivity contribution in [2.45, 2.75) is 33.8 Å². The fraction of sp³-hybridized carbons (Fsp3) is 0.500. The number of imide groups is 1. The molecule has 0 unspecified atom stereocenters. The number of carbonyl (C=O) groups is 3. The second-order valence-electron chi connectivity index (χ2n) is 5.22. The van der Waals surface area contributed by atoms with Gasteiger partial charge in [0.1, 0.15) is 0 Å². The normalized spacial score (nSPS) is 11.1. The molecule has 9 nitrogen and oxygen atoms in total. The maximum atomic E-state index is 12.4. The van der Waals surface area contributed by atoms with Crippen LogP contribution in [0, 0.1) is 0 Å². The second kappa shape index (κ2) is 10.9.